The Hall–Kier alpha value is -3.48. The van der Waals surface area contributed by atoms with Crippen LogP contribution in [0.15, 0.2) is 42.5 Å². The molecule has 0 aliphatic carbocycles. The van der Waals surface area contributed by atoms with Crippen LogP contribution in [-0.2, 0) is 4.79 Å². The molecule has 2 aromatic rings. The summed E-state index contributed by atoms with van der Waals surface area (Å²) in [7, 11) is 0. The van der Waals surface area contributed by atoms with E-state index in [0.29, 0.717) is 28.8 Å². The summed E-state index contributed by atoms with van der Waals surface area (Å²) in [6.07, 6.45) is 2.48. The Morgan fingerprint density at radius 1 is 0.968 bits per heavy atom. The van der Waals surface area contributed by atoms with Gasteiger partial charge in [0.05, 0.1) is 22.4 Å². The average molecular weight is 419 g/mol. The van der Waals surface area contributed by atoms with Gasteiger partial charge in [-0.15, -0.1) is 0 Å². The third-order valence-corrected chi connectivity index (χ3v) is 5.74. The molecule has 7 nitrogen and oxygen atoms in total. The Labute approximate surface area is 181 Å². The van der Waals surface area contributed by atoms with Crippen LogP contribution in [0.2, 0.25) is 0 Å². The van der Waals surface area contributed by atoms with E-state index < -0.39 is 0 Å². The smallest absolute Gasteiger partial charge is 0.261 e. The van der Waals surface area contributed by atoms with Crippen LogP contribution in [0.1, 0.15) is 62.3 Å². The number of imide groups is 1. The number of para-hydroxylation sites is 1. The van der Waals surface area contributed by atoms with Crippen LogP contribution >= 0.6 is 0 Å². The maximum atomic E-state index is 12.7. The molecule has 0 radical (unpaired) electrons. The van der Waals surface area contributed by atoms with Crippen molar-refractivity contribution in [1.29, 1.82) is 0 Å². The number of nitrogens with one attached hydrogen (secondary N) is 1. The first-order valence-electron chi connectivity index (χ1n) is 10.6. The Morgan fingerprint density at radius 2 is 1.68 bits per heavy atom. The van der Waals surface area contributed by atoms with Crippen molar-refractivity contribution in [3.8, 4) is 0 Å². The van der Waals surface area contributed by atoms with E-state index in [1.54, 1.807) is 41.3 Å². The van der Waals surface area contributed by atoms with Gasteiger partial charge in [0.2, 0.25) is 5.91 Å². The SMILES string of the molecule is Cc1ccc2c(c1)C(=O)N(CCCC(=O)Nc1ccccc1C(=O)N1CCCC1)C2=O. The van der Waals surface area contributed by atoms with E-state index in [9.17, 15) is 19.2 Å². The van der Waals surface area contributed by atoms with Gasteiger partial charge in [0.25, 0.3) is 17.7 Å². The second-order valence-corrected chi connectivity index (χ2v) is 8.01. The van der Waals surface area contributed by atoms with Crippen molar-refractivity contribution < 1.29 is 19.2 Å². The zero-order valence-corrected chi connectivity index (χ0v) is 17.5. The molecule has 1 fully saturated rings. The molecule has 0 unspecified atom stereocenters. The van der Waals surface area contributed by atoms with Crippen LogP contribution in [-0.4, -0.2) is 53.1 Å². The number of anilines is 1. The molecule has 2 heterocycles. The molecule has 0 aromatic heterocycles. The lowest BCUT2D eigenvalue weighted by Crippen LogP contribution is -2.31. The molecular formula is C24H25N3O4. The summed E-state index contributed by atoms with van der Waals surface area (Å²) in [6, 6.07) is 12.2. The van der Waals surface area contributed by atoms with Crippen molar-refractivity contribution >= 4 is 29.3 Å². The van der Waals surface area contributed by atoms with E-state index in [4.69, 9.17) is 0 Å². The van der Waals surface area contributed by atoms with E-state index >= 15 is 0 Å². The summed E-state index contributed by atoms with van der Waals surface area (Å²) >= 11 is 0. The zero-order chi connectivity index (χ0) is 22.0. The molecule has 7 heteroatoms. The molecule has 160 valence electrons. The highest BCUT2D eigenvalue weighted by Gasteiger charge is 2.35. The number of hydrogen-bond acceptors (Lipinski definition) is 4. The minimum Gasteiger partial charge on any atom is -0.339 e. The summed E-state index contributed by atoms with van der Waals surface area (Å²) in [5.41, 5.74) is 2.72. The summed E-state index contributed by atoms with van der Waals surface area (Å²) < 4.78 is 0. The highest BCUT2D eigenvalue weighted by Crippen LogP contribution is 2.24. The van der Waals surface area contributed by atoms with Gasteiger partial charge in [-0.1, -0.05) is 23.8 Å². The van der Waals surface area contributed by atoms with Gasteiger partial charge in [-0.05, 0) is 50.5 Å². The minimum atomic E-state index is -0.318. The van der Waals surface area contributed by atoms with E-state index in [0.717, 1.165) is 31.5 Å². The quantitative estimate of drug-likeness (QED) is 0.728. The molecule has 0 saturated carbocycles. The summed E-state index contributed by atoms with van der Waals surface area (Å²) in [4.78, 5) is 53.2. The number of hydrogen-bond donors (Lipinski definition) is 1. The number of carbonyl (C=O) groups is 4. The molecule has 0 atom stereocenters. The largest absolute Gasteiger partial charge is 0.339 e. The second kappa shape index (κ2) is 8.71. The number of carbonyl (C=O) groups excluding carboxylic acids is 4. The molecular weight excluding hydrogens is 394 g/mol. The predicted molar refractivity (Wildman–Crippen MR) is 116 cm³/mol. The average Bonchev–Trinajstić information content (AvgIpc) is 3.37. The van der Waals surface area contributed by atoms with Crippen LogP contribution in [0.3, 0.4) is 0 Å². The maximum absolute atomic E-state index is 12.7. The minimum absolute atomic E-state index is 0.0743. The van der Waals surface area contributed by atoms with Crippen molar-refractivity contribution in [1.82, 2.24) is 9.80 Å². The van der Waals surface area contributed by atoms with Gasteiger partial charge >= 0.3 is 0 Å². The molecule has 2 aromatic carbocycles. The van der Waals surface area contributed by atoms with Crippen LogP contribution in [0.25, 0.3) is 0 Å². The third kappa shape index (κ3) is 4.21. The summed E-state index contributed by atoms with van der Waals surface area (Å²) in [5, 5.41) is 2.81. The molecule has 1 saturated heterocycles. The van der Waals surface area contributed by atoms with Crippen molar-refractivity contribution in [3.05, 3.63) is 64.7 Å². The Balaban J connectivity index is 1.34. The summed E-state index contributed by atoms with van der Waals surface area (Å²) in [5.74, 6) is -0.962. The monoisotopic (exact) mass is 419 g/mol. The first-order valence-corrected chi connectivity index (χ1v) is 10.6. The lowest BCUT2D eigenvalue weighted by atomic mass is 10.1. The maximum Gasteiger partial charge on any atom is 0.261 e. The highest BCUT2D eigenvalue weighted by molar-refractivity contribution is 6.21. The standard InChI is InChI=1S/C24H25N3O4/c1-16-10-11-17-19(15-16)24(31)27(23(17)30)14-6-9-21(28)25-20-8-3-2-7-18(20)22(29)26-12-4-5-13-26/h2-3,7-8,10-11,15H,4-6,9,12-14H2,1H3,(H,25,28). The van der Waals surface area contributed by atoms with Gasteiger partial charge < -0.3 is 10.2 Å². The molecule has 2 aliphatic heterocycles. The van der Waals surface area contributed by atoms with Crippen molar-refractivity contribution in [2.24, 2.45) is 0 Å². The van der Waals surface area contributed by atoms with Crippen molar-refractivity contribution in [2.75, 3.05) is 25.0 Å². The topological polar surface area (TPSA) is 86.8 Å². The van der Waals surface area contributed by atoms with Crippen LogP contribution in [0.5, 0.6) is 0 Å². The first-order chi connectivity index (χ1) is 15.0. The van der Waals surface area contributed by atoms with Gasteiger partial charge in [0.15, 0.2) is 0 Å². The van der Waals surface area contributed by atoms with Gasteiger partial charge in [0, 0.05) is 26.1 Å². The summed E-state index contributed by atoms with van der Waals surface area (Å²) in [6.45, 7) is 3.52. The molecule has 1 N–H and O–H groups in total. The van der Waals surface area contributed by atoms with Gasteiger partial charge in [-0.3, -0.25) is 24.1 Å². The number of rotatable bonds is 6. The van der Waals surface area contributed by atoms with Gasteiger partial charge in [-0.25, -0.2) is 0 Å². The Bertz CT molecular complexity index is 1060. The van der Waals surface area contributed by atoms with Gasteiger partial charge in [0.1, 0.15) is 0 Å². The molecule has 0 bridgehead atoms. The number of likely N-dealkylation sites (tertiary alicyclic amines) is 1. The fourth-order valence-corrected chi connectivity index (χ4v) is 4.09. The number of fused-ring (bicyclic) bond motifs is 1. The van der Waals surface area contributed by atoms with Crippen molar-refractivity contribution in [2.45, 2.75) is 32.6 Å². The fourth-order valence-electron chi connectivity index (χ4n) is 4.09. The number of nitrogens with zero attached hydrogens (tertiary/aromatic N) is 2. The van der Waals surface area contributed by atoms with E-state index in [2.05, 4.69) is 5.32 Å². The molecule has 0 spiro atoms. The zero-order valence-electron chi connectivity index (χ0n) is 17.5. The molecule has 2 aliphatic rings. The predicted octanol–water partition coefficient (Wildman–Crippen LogP) is 3.25. The van der Waals surface area contributed by atoms with E-state index in [1.165, 1.54) is 4.90 Å². The molecule has 4 rings (SSSR count). The Kier molecular flexibility index (Phi) is 5.84. The van der Waals surface area contributed by atoms with Crippen molar-refractivity contribution in [3.63, 3.8) is 0 Å². The lowest BCUT2D eigenvalue weighted by Gasteiger charge is -2.18. The Morgan fingerprint density at radius 3 is 2.45 bits per heavy atom. The first kappa shape index (κ1) is 20.8. The van der Waals surface area contributed by atoms with E-state index in [-0.39, 0.29) is 36.6 Å². The van der Waals surface area contributed by atoms with Gasteiger partial charge in [-0.2, -0.15) is 0 Å². The fraction of sp³-hybridized carbons (Fsp3) is 0.333. The van der Waals surface area contributed by atoms with Crippen LogP contribution < -0.4 is 5.32 Å². The third-order valence-electron chi connectivity index (χ3n) is 5.74. The number of amides is 4. The normalized spacial score (nSPS) is 15.4. The second-order valence-electron chi connectivity index (χ2n) is 8.01. The highest BCUT2D eigenvalue weighted by atomic mass is 16.2. The lowest BCUT2D eigenvalue weighted by molar-refractivity contribution is -0.116. The van der Waals surface area contributed by atoms with E-state index in [1.807, 2.05) is 13.0 Å². The van der Waals surface area contributed by atoms with Crippen LogP contribution in [0.4, 0.5) is 5.69 Å². The number of aryl methyl sites for hydroxylation is 1. The van der Waals surface area contributed by atoms with Crippen LogP contribution in [0, 0.1) is 6.92 Å². The molecule has 4 amide bonds. The number of benzene rings is 2. The molecule has 31 heavy (non-hydrogen) atoms.